The van der Waals surface area contributed by atoms with E-state index in [1.54, 1.807) is 0 Å². The van der Waals surface area contributed by atoms with E-state index in [2.05, 4.69) is 175 Å². The maximum atomic E-state index is 4.50. The second-order valence-electron chi connectivity index (χ2n) is 13.8. The summed E-state index contributed by atoms with van der Waals surface area (Å²) in [7, 11) is 0. The summed E-state index contributed by atoms with van der Waals surface area (Å²) in [4.78, 5) is 4.50. The van der Waals surface area contributed by atoms with Crippen molar-refractivity contribution in [3.8, 4) is 44.5 Å². The molecular weight excluding hydrogens is 706 g/mol. The third-order valence-corrected chi connectivity index (χ3v) is 13.5. The predicted octanol–water partition coefficient (Wildman–Crippen LogP) is 13.7. The molecule has 0 bridgehead atoms. The van der Waals surface area contributed by atoms with Gasteiger partial charge in [0.1, 0.15) is 0 Å². The monoisotopic (exact) mass is 737 g/mol. The van der Waals surface area contributed by atoms with Gasteiger partial charge in [-0.1, -0.05) is 0 Å². The first-order valence-corrected chi connectivity index (χ1v) is 19.8. The van der Waals surface area contributed by atoms with E-state index in [-0.39, 0.29) is 14.5 Å². The molecule has 2 heteroatoms. The van der Waals surface area contributed by atoms with E-state index in [0.717, 1.165) is 5.56 Å². The molecule has 9 aromatic carbocycles. The summed E-state index contributed by atoms with van der Waals surface area (Å²) >= 11 is 0.124. The summed E-state index contributed by atoms with van der Waals surface area (Å²) in [5.41, 5.74) is 10.2. The molecule has 11 rings (SSSR count). The van der Waals surface area contributed by atoms with Crippen LogP contribution in [0.5, 0.6) is 0 Å². The van der Waals surface area contributed by atoms with Crippen LogP contribution in [0.15, 0.2) is 188 Å². The number of rotatable bonds is 4. The Hall–Kier alpha value is -6.31. The second-order valence-corrected chi connectivity index (χ2v) is 16.0. The van der Waals surface area contributed by atoms with Gasteiger partial charge in [-0.2, -0.15) is 0 Å². The first-order valence-electron chi connectivity index (χ1n) is 18.1. The van der Waals surface area contributed by atoms with Crippen molar-refractivity contribution in [3.05, 3.63) is 188 Å². The maximum absolute atomic E-state index is 4.50. The van der Waals surface area contributed by atoms with Crippen LogP contribution in [0.3, 0.4) is 0 Å². The summed E-state index contributed by atoms with van der Waals surface area (Å²) in [6.07, 6.45) is 3.84. The number of hydrogen-bond acceptors (Lipinski definition) is 1. The van der Waals surface area contributed by atoms with Gasteiger partial charge in [-0.25, -0.2) is 0 Å². The fraction of sp³-hybridized carbons (Fsp3) is 0. The van der Waals surface area contributed by atoms with Gasteiger partial charge in [0, 0.05) is 0 Å². The molecule has 0 aliphatic rings. The number of aromatic nitrogens is 1. The van der Waals surface area contributed by atoms with Crippen LogP contribution < -0.4 is 0 Å². The quantitative estimate of drug-likeness (QED) is 0.130. The van der Waals surface area contributed by atoms with Gasteiger partial charge >= 0.3 is 315 Å². The molecule has 0 aliphatic carbocycles. The Morgan fingerprint density at radius 2 is 0.792 bits per heavy atom. The number of hydrogen-bond donors (Lipinski definition) is 0. The standard InChI is InChI=1S/C51H31NSe/c1-2-14-32(15-3-1)47-40-21-8-10-23-42(40)50(43-24-11-9-22-41(43)47)45-26-12-25-44-35-28-27-33(30-46(35)53-51(44)45)48-36-17-4-6-19-38(36)49(34-16-13-29-52-31-34)39-20-7-5-18-37(39)48/h1-31H. The van der Waals surface area contributed by atoms with E-state index < -0.39 is 0 Å². The van der Waals surface area contributed by atoms with Crippen LogP contribution in [-0.2, 0) is 0 Å². The summed E-state index contributed by atoms with van der Waals surface area (Å²) in [5.74, 6) is 0. The zero-order valence-corrected chi connectivity index (χ0v) is 30.5. The minimum absolute atomic E-state index is 0.124. The van der Waals surface area contributed by atoms with Crippen molar-refractivity contribution in [2.75, 3.05) is 0 Å². The molecule has 2 heterocycles. The Morgan fingerprint density at radius 1 is 0.321 bits per heavy atom. The van der Waals surface area contributed by atoms with E-state index in [4.69, 9.17) is 0 Å². The second kappa shape index (κ2) is 12.1. The zero-order valence-electron chi connectivity index (χ0n) is 28.8. The molecule has 1 nitrogen and oxygen atoms in total. The summed E-state index contributed by atoms with van der Waals surface area (Å²) in [5, 5.41) is 13.0. The summed E-state index contributed by atoms with van der Waals surface area (Å²) in [6.45, 7) is 0. The Balaban J connectivity index is 1.18. The molecule has 0 aliphatic heterocycles. The van der Waals surface area contributed by atoms with Crippen LogP contribution in [0.2, 0.25) is 0 Å². The van der Waals surface area contributed by atoms with Crippen LogP contribution in [0, 0.1) is 0 Å². The van der Waals surface area contributed by atoms with Crippen molar-refractivity contribution >= 4 is 76.9 Å². The van der Waals surface area contributed by atoms with Crippen LogP contribution >= 0.6 is 0 Å². The molecule has 2 aromatic heterocycles. The van der Waals surface area contributed by atoms with Gasteiger partial charge in [0.2, 0.25) is 0 Å². The van der Waals surface area contributed by atoms with Crippen molar-refractivity contribution in [2.24, 2.45) is 0 Å². The van der Waals surface area contributed by atoms with Gasteiger partial charge in [-0.15, -0.1) is 0 Å². The summed E-state index contributed by atoms with van der Waals surface area (Å²) in [6, 6.07) is 65.0. The molecule has 0 saturated heterocycles. The molecule has 0 amide bonds. The zero-order chi connectivity index (χ0) is 34.9. The minimum atomic E-state index is 0.124. The molecular formula is C51H31NSe. The topological polar surface area (TPSA) is 12.9 Å². The van der Waals surface area contributed by atoms with Crippen molar-refractivity contribution in [2.45, 2.75) is 0 Å². The fourth-order valence-electron chi connectivity index (χ4n) is 8.75. The summed E-state index contributed by atoms with van der Waals surface area (Å²) < 4.78 is 2.91. The third kappa shape index (κ3) is 4.67. The molecule has 0 fully saturated rings. The van der Waals surface area contributed by atoms with E-state index in [0.29, 0.717) is 0 Å². The van der Waals surface area contributed by atoms with Crippen molar-refractivity contribution in [3.63, 3.8) is 0 Å². The predicted molar refractivity (Wildman–Crippen MR) is 228 cm³/mol. The molecule has 11 aromatic rings. The average molecular weight is 737 g/mol. The Bertz CT molecular complexity index is 3100. The van der Waals surface area contributed by atoms with E-state index in [1.807, 2.05) is 18.5 Å². The van der Waals surface area contributed by atoms with Crippen LogP contribution in [0.25, 0.3) is 107 Å². The molecule has 0 N–H and O–H groups in total. The number of nitrogens with zero attached hydrogens (tertiary/aromatic N) is 1. The molecule has 0 atom stereocenters. The first kappa shape index (κ1) is 30.3. The van der Waals surface area contributed by atoms with Gasteiger partial charge in [0.25, 0.3) is 0 Å². The molecule has 246 valence electrons. The Kier molecular flexibility index (Phi) is 6.95. The average Bonchev–Trinajstić information content (AvgIpc) is 3.61. The third-order valence-electron chi connectivity index (χ3n) is 10.9. The number of benzene rings is 9. The molecule has 0 saturated carbocycles. The normalized spacial score (nSPS) is 11.8. The van der Waals surface area contributed by atoms with E-state index in [1.165, 1.54) is 101 Å². The number of fused-ring (bicyclic) bond motifs is 7. The van der Waals surface area contributed by atoms with Gasteiger partial charge < -0.3 is 0 Å². The number of pyridine rings is 1. The van der Waals surface area contributed by atoms with Crippen LogP contribution in [0.1, 0.15) is 0 Å². The molecule has 0 spiro atoms. The van der Waals surface area contributed by atoms with Crippen molar-refractivity contribution in [1.29, 1.82) is 0 Å². The molecule has 53 heavy (non-hydrogen) atoms. The van der Waals surface area contributed by atoms with Gasteiger partial charge in [-0.3, -0.25) is 0 Å². The van der Waals surface area contributed by atoms with E-state index in [9.17, 15) is 0 Å². The van der Waals surface area contributed by atoms with Crippen molar-refractivity contribution < 1.29 is 0 Å². The van der Waals surface area contributed by atoms with Crippen LogP contribution in [-0.4, -0.2) is 19.5 Å². The van der Waals surface area contributed by atoms with Crippen molar-refractivity contribution in [1.82, 2.24) is 4.98 Å². The van der Waals surface area contributed by atoms with Gasteiger partial charge in [0.15, 0.2) is 0 Å². The Labute approximate surface area is 313 Å². The Morgan fingerprint density at radius 3 is 1.34 bits per heavy atom. The molecule has 0 unspecified atom stereocenters. The van der Waals surface area contributed by atoms with Gasteiger partial charge in [-0.05, 0) is 0 Å². The van der Waals surface area contributed by atoms with Gasteiger partial charge in [0.05, 0.1) is 0 Å². The van der Waals surface area contributed by atoms with E-state index >= 15 is 0 Å². The molecule has 0 radical (unpaired) electrons. The first-order chi connectivity index (χ1) is 26.3. The fourth-order valence-corrected chi connectivity index (χ4v) is 11.4. The SMILES string of the molecule is c1ccc(-c2c3ccccc3c(-c3cccc4c3[se]c3cc(-c5c6ccccc6c(-c6cccnc6)c6ccccc56)ccc34)c3ccccc23)cc1. The van der Waals surface area contributed by atoms with Crippen LogP contribution in [0.4, 0.5) is 0 Å².